The highest BCUT2D eigenvalue weighted by Gasteiger charge is 2.39. The van der Waals surface area contributed by atoms with Crippen LogP contribution < -0.4 is 10.6 Å². The van der Waals surface area contributed by atoms with Gasteiger partial charge in [0, 0.05) is 31.0 Å². The van der Waals surface area contributed by atoms with E-state index in [-0.39, 0.29) is 30.2 Å². The van der Waals surface area contributed by atoms with Crippen molar-refractivity contribution in [2.24, 2.45) is 0 Å². The molecule has 1 aromatic rings. The molecule has 1 saturated heterocycles. The number of piperidine rings is 1. The SMILES string of the molecule is CC(C)NC(=O)CCc1cccc2c1CN(C1CCC(=O)NC1=O)C2=O. The average molecular weight is 357 g/mol. The number of amides is 4. The van der Waals surface area contributed by atoms with Gasteiger partial charge in [-0.2, -0.15) is 0 Å². The molecule has 2 N–H and O–H groups in total. The number of rotatable bonds is 5. The Morgan fingerprint density at radius 3 is 2.77 bits per heavy atom. The lowest BCUT2D eigenvalue weighted by Gasteiger charge is -2.29. The molecule has 1 aromatic carbocycles. The van der Waals surface area contributed by atoms with Crippen molar-refractivity contribution < 1.29 is 19.2 Å². The second kappa shape index (κ2) is 7.27. The standard InChI is InChI=1S/C19H23N3O4/c1-11(2)20-16(23)8-6-12-4-3-5-13-14(12)10-22(19(13)26)15-7-9-17(24)21-18(15)25/h3-5,11,15H,6-10H2,1-2H3,(H,20,23)(H,21,24,25). The third kappa shape index (κ3) is 3.61. The van der Waals surface area contributed by atoms with Crippen LogP contribution in [0.25, 0.3) is 0 Å². The van der Waals surface area contributed by atoms with E-state index in [1.54, 1.807) is 12.1 Å². The Kier molecular flexibility index (Phi) is 5.06. The molecule has 1 fully saturated rings. The summed E-state index contributed by atoms with van der Waals surface area (Å²) in [6, 6.07) is 4.95. The highest BCUT2D eigenvalue weighted by atomic mass is 16.2. The molecular formula is C19H23N3O4. The number of hydrogen-bond donors (Lipinski definition) is 2. The minimum absolute atomic E-state index is 0.0241. The zero-order valence-electron chi connectivity index (χ0n) is 15.0. The lowest BCUT2D eigenvalue weighted by atomic mass is 9.99. The number of carbonyl (C=O) groups is 4. The van der Waals surface area contributed by atoms with E-state index in [9.17, 15) is 19.2 Å². The van der Waals surface area contributed by atoms with Crippen LogP contribution in [0.4, 0.5) is 0 Å². The van der Waals surface area contributed by atoms with Crippen LogP contribution in [0.15, 0.2) is 18.2 Å². The predicted molar refractivity (Wildman–Crippen MR) is 94.1 cm³/mol. The monoisotopic (exact) mass is 357 g/mol. The van der Waals surface area contributed by atoms with Crippen LogP contribution in [-0.2, 0) is 27.3 Å². The van der Waals surface area contributed by atoms with Crippen molar-refractivity contribution in [2.45, 2.75) is 58.2 Å². The Morgan fingerprint density at radius 2 is 2.08 bits per heavy atom. The fourth-order valence-corrected chi connectivity index (χ4v) is 3.53. The van der Waals surface area contributed by atoms with Gasteiger partial charge in [0.05, 0.1) is 0 Å². The van der Waals surface area contributed by atoms with E-state index in [1.807, 2.05) is 19.9 Å². The molecule has 4 amide bonds. The van der Waals surface area contributed by atoms with Crippen molar-refractivity contribution in [1.82, 2.24) is 15.5 Å². The summed E-state index contributed by atoms with van der Waals surface area (Å²) in [7, 11) is 0. The smallest absolute Gasteiger partial charge is 0.255 e. The lowest BCUT2D eigenvalue weighted by molar-refractivity contribution is -0.137. The molecule has 0 bridgehead atoms. The van der Waals surface area contributed by atoms with E-state index >= 15 is 0 Å². The summed E-state index contributed by atoms with van der Waals surface area (Å²) in [4.78, 5) is 49.6. The van der Waals surface area contributed by atoms with E-state index < -0.39 is 11.9 Å². The van der Waals surface area contributed by atoms with Crippen molar-refractivity contribution in [1.29, 1.82) is 0 Å². The first-order valence-corrected chi connectivity index (χ1v) is 8.91. The second-order valence-electron chi connectivity index (χ2n) is 7.07. The summed E-state index contributed by atoms with van der Waals surface area (Å²) < 4.78 is 0. The van der Waals surface area contributed by atoms with Crippen molar-refractivity contribution in [3.8, 4) is 0 Å². The number of hydrogen-bond acceptors (Lipinski definition) is 4. The van der Waals surface area contributed by atoms with Gasteiger partial charge in [0.1, 0.15) is 6.04 Å². The van der Waals surface area contributed by atoms with Gasteiger partial charge in [-0.3, -0.25) is 24.5 Å². The van der Waals surface area contributed by atoms with Gasteiger partial charge in [0.15, 0.2) is 0 Å². The highest BCUT2D eigenvalue weighted by molar-refractivity contribution is 6.05. The Morgan fingerprint density at radius 1 is 1.31 bits per heavy atom. The Bertz CT molecular complexity index is 772. The van der Waals surface area contributed by atoms with Gasteiger partial charge in [0.2, 0.25) is 17.7 Å². The maximum atomic E-state index is 12.7. The van der Waals surface area contributed by atoms with E-state index in [0.29, 0.717) is 31.4 Å². The maximum absolute atomic E-state index is 12.7. The summed E-state index contributed by atoms with van der Waals surface area (Å²) in [5.41, 5.74) is 2.40. The third-order valence-corrected chi connectivity index (χ3v) is 4.75. The van der Waals surface area contributed by atoms with Crippen molar-refractivity contribution in [2.75, 3.05) is 0 Å². The molecule has 2 heterocycles. The number of nitrogens with zero attached hydrogens (tertiary/aromatic N) is 1. The molecule has 0 aliphatic carbocycles. The summed E-state index contributed by atoms with van der Waals surface area (Å²) in [5.74, 6) is -0.931. The molecule has 7 nitrogen and oxygen atoms in total. The van der Waals surface area contributed by atoms with Gasteiger partial charge in [-0.25, -0.2) is 0 Å². The first-order chi connectivity index (χ1) is 12.4. The van der Waals surface area contributed by atoms with Crippen molar-refractivity contribution in [3.63, 3.8) is 0 Å². The summed E-state index contributed by atoms with van der Waals surface area (Å²) >= 11 is 0. The molecule has 2 aliphatic heterocycles. The number of nitrogens with one attached hydrogen (secondary N) is 2. The van der Waals surface area contributed by atoms with Crippen LogP contribution in [0.2, 0.25) is 0 Å². The van der Waals surface area contributed by atoms with Gasteiger partial charge >= 0.3 is 0 Å². The van der Waals surface area contributed by atoms with Gasteiger partial charge in [-0.05, 0) is 43.9 Å². The molecule has 1 unspecified atom stereocenters. The van der Waals surface area contributed by atoms with Crippen molar-refractivity contribution in [3.05, 3.63) is 34.9 Å². The first-order valence-electron chi connectivity index (χ1n) is 8.91. The van der Waals surface area contributed by atoms with Crippen LogP contribution in [0.1, 0.15) is 54.6 Å². The number of aryl methyl sites for hydroxylation is 1. The molecule has 0 aromatic heterocycles. The number of carbonyl (C=O) groups excluding carboxylic acids is 4. The van der Waals surface area contributed by atoms with Gasteiger partial charge in [-0.1, -0.05) is 12.1 Å². The van der Waals surface area contributed by atoms with Crippen LogP contribution in [-0.4, -0.2) is 40.6 Å². The normalized spacial score (nSPS) is 19.6. The molecule has 0 radical (unpaired) electrons. The molecule has 26 heavy (non-hydrogen) atoms. The zero-order chi connectivity index (χ0) is 18.8. The zero-order valence-corrected chi connectivity index (χ0v) is 15.0. The van der Waals surface area contributed by atoms with E-state index in [1.165, 1.54) is 4.90 Å². The molecule has 2 aliphatic rings. The van der Waals surface area contributed by atoms with Crippen LogP contribution in [0, 0.1) is 0 Å². The van der Waals surface area contributed by atoms with Crippen molar-refractivity contribution >= 4 is 23.6 Å². The Balaban J connectivity index is 1.74. The number of imide groups is 1. The largest absolute Gasteiger partial charge is 0.354 e. The topological polar surface area (TPSA) is 95.6 Å². The number of benzene rings is 1. The molecule has 1 atom stereocenters. The quantitative estimate of drug-likeness (QED) is 0.766. The van der Waals surface area contributed by atoms with E-state index in [0.717, 1.165) is 11.1 Å². The summed E-state index contributed by atoms with van der Waals surface area (Å²) in [5, 5.41) is 5.16. The first kappa shape index (κ1) is 18.1. The number of fused-ring (bicyclic) bond motifs is 1. The minimum atomic E-state index is -0.621. The molecule has 0 spiro atoms. The van der Waals surface area contributed by atoms with Gasteiger partial charge in [-0.15, -0.1) is 0 Å². The fourth-order valence-electron chi connectivity index (χ4n) is 3.53. The minimum Gasteiger partial charge on any atom is -0.354 e. The third-order valence-electron chi connectivity index (χ3n) is 4.75. The summed E-state index contributed by atoms with van der Waals surface area (Å²) in [6.45, 7) is 4.16. The molecular weight excluding hydrogens is 334 g/mol. The Labute approximate surface area is 152 Å². The second-order valence-corrected chi connectivity index (χ2v) is 7.07. The van der Waals surface area contributed by atoms with E-state index in [2.05, 4.69) is 10.6 Å². The fraction of sp³-hybridized carbons (Fsp3) is 0.474. The summed E-state index contributed by atoms with van der Waals surface area (Å²) in [6.07, 6.45) is 1.47. The van der Waals surface area contributed by atoms with Gasteiger partial charge in [0.25, 0.3) is 5.91 Å². The lowest BCUT2D eigenvalue weighted by Crippen LogP contribution is -2.52. The maximum Gasteiger partial charge on any atom is 0.255 e. The van der Waals surface area contributed by atoms with Crippen LogP contribution in [0.3, 0.4) is 0 Å². The molecule has 0 saturated carbocycles. The molecule has 7 heteroatoms. The van der Waals surface area contributed by atoms with Crippen LogP contribution in [0.5, 0.6) is 0 Å². The molecule has 138 valence electrons. The predicted octanol–water partition coefficient (Wildman–Crippen LogP) is 0.905. The Hall–Kier alpha value is -2.70. The highest BCUT2D eigenvalue weighted by Crippen LogP contribution is 2.30. The average Bonchev–Trinajstić information content (AvgIpc) is 2.90. The van der Waals surface area contributed by atoms with Crippen LogP contribution >= 0.6 is 0 Å². The van der Waals surface area contributed by atoms with Gasteiger partial charge < -0.3 is 10.2 Å². The molecule has 3 rings (SSSR count). The van der Waals surface area contributed by atoms with E-state index in [4.69, 9.17) is 0 Å².